The van der Waals surface area contributed by atoms with Gasteiger partial charge in [0.1, 0.15) is 0 Å². The van der Waals surface area contributed by atoms with Crippen LogP contribution in [0.5, 0.6) is 0 Å². The zero-order chi connectivity index (χ0) is 14.3. The largest absolute Gasteiger partial charge is 0.269 e. The molecule has 0 radical (unpaired) electrons. The van der Waals surface area contributed by atoms with Crippen molar-refractivity contribution in [3.63, 3.8) is 0 Å². The van der Waals surface area contributed by atoms with E-state index in [0.717, 1.165) is 10.9 Å². The van der Waals surface area contributed by atoms with Gasteiger partial charge in [-0.25, -0.2) is 17.4 Å². The molecule has 4 nitrogen and oxygen atoms in total. The minimum atomic E-state index is -3.62. The molecule has 20 heavy (non-hydrogen) atoms. The topological polar surface area (TPSA) is 52.0 Å². The van der Waals surface area contributed by atoms with Crippen LogP contribution in [0.15, 0.2) is 53.6 Å². The molecule has 2 heterocycles. The fraction of sp³-hybridized carbons (Fsp3) is 0.133. The number of aryl methyl sites for hydroxylation is 1. The van der Waals surface area contributed by atoms with Crippen LogP contribution in [0.1, 0.15) is 11.3 Å². The molecule has 0 N–H and O–H groups in total. The minimum absolute atomic E-state index is 0.269. The summed E-state index contributed by atoms with van der Waals surface area (Å²) < 4.78 is 26.9. The zero-order valence-electron chi connectivity index (χ0n) is 11.2. The van der Waals surface area contributed by atoms with Gasteiger partial charge in [0.2, 0.25) is 0 Å². The second-order valence-electron chi connectivity index (χ2n) is 4.67. The summed E-state index contributed by atoms with van der Waals surface area (Å²) in [5.41, 5.74) is 2.11. The molecule has 0 fully saturated rings. The molecule has 3 aromatic rings. The van der Waals surface area contributed by atoms with Gasteiger partial charge in [0, 0.05) is 17.3 Å². The van der Waals surface area contributed by atoms with Gasteiger partial charge in [-0.15, -0.1) is 0 Å². The third-order valence-corrected chi connectivity index (χ3v) is 5.31. The van der Waals surface area contributed by atoms with Gasteiger partial charge in [0.05, 0.1) is 4.90 Å². The molecule has 0 aliphatic heterocycles. The van der Waals surface area contributed by atoms with E-state index in [1.54, 1.807) is 43.5 Å². The highest BCUT2D eigenvalue weighted by Crippen LogP contribution is 2.27. The lowest BCUT2D eigenvalue weighted by Gasteiger charge is -2.09. The van der Waals surface area contributed by atoms with Crippen molar-refractivity contribution in [1.29, 1.82) is 0 Å². The normalized spacial score (nSPS) is 11.9. The predicted octanol–water partition coefficient (Wildman–Crippen LogP) is 2.89. The van der Waals surface area contributed by atoms with Crippen molar-refractivity contribution in [2.75, 3.05) is 0 Å². The lowest BCUT2D eigenvalue weighted by atomic mass is 10.2. The average Bonchev–Trinajstić information content (AvgIpc) is 2.73. The van der Waals surface area contributed by atoms with Crippen LogP contribution < -0.4 is 0 Å². The molecule has 3 rings (SSSR count). The standard InChI is InChI=1S/C15H14N2O2S/c1-11-12(2)17(15-14(11)9-6-10-16-15)20(18,19)13-7-4-3-5-8-13/h3-10H,1-2H3. The monoisotopic (exact) mass is 286 g/mol. The van der Waals surface area contributed by atoms with Gasteiger partial charge in [-0.1, -0.05) is 18.2 Å². The molecule has 0 bridgehead atoms. The first-order valence-corrected chi connectivity index (χ1v) is 7.71. The molecular weight excluding hydrogens is 272 g/mol. The van der Waals surface area contributed by atoms with E-state index in [9.17, 15) is 8.42 Å². The Bertz CT molecular complexity index is 881. The summed E-state index contributed by atoms with van der Waals surface area (Å²) in [6, 6.07) is 12.1. The molecular formula is C15H14N2O2S. The number of nitrogens with zero attached hydrogens (tertiary/aromatic N) is 2. The highest BCUT2D eigenvalue weighted by atomic mass is 32.2. The molecule has 0 spiro atoms. The average molecular weight is 286 g/mol. The number of hydrogen-bond acceptors (Lipinski definition) is 3. The Morgan fingerprint density at radius 3 is 2.40 bits per heavy atom. The smallest absolute Gasteiger partial charge is 0.237 e. The lowest BCUT2D eigenvalue weighted by molar-refractivity contribution is 0.587. The van der Waals surface area contributed by atoms with E-state index in [1.807, 2.05) is 19.1 Å². The fourth-order valence-electron chi connectivity index (χ4n) is 2.35. The molecule has 1 aromatic carbocycles. The zero-order valence-corrected chi connectivity index (χ0v) is 12.1. The third kappa shape index (κ3) is 1.74. The maximum Gasteiger partial charge on any atom is 0.269 e. The van der Waals surface area contributed by atoms with Gasteiger partial charge in [-0.05, 0) is 43.7 Å². The summed E-state index contributed by atoms with van der Waals surface area (Å²) in [5.74, 6) is 0. The van der Waals surface area contributed by atoms with Crippen molar-refractivity contribution in [1.82, 2.24) is 8.96 Å². The number of aromatic nitrogens is 2. The first-order valence-electron chi connectivity index (χ1n) is 6.27. The summed E-state index contributed by atoms with van der Waals surface area (Å²) in [7, 11) is -3.62. The molecule has 0 saturated carbocycles. The molecule has 0 saturated heterocycles. The maximum atomic E-state index is 12.8. The van der Waals surface area contributed by atoms with Gasteiger partial charge in [-0.3, -0.25) is 0 Å². The van der Waals surface area contributed by atoms with Crippen molar-refractivity contribution in [3.05, 3.63) is 59.9 Å². The Balaban J connectivity index is 2.39. The van der Waals surface area contributed by atoms with Crippen LogP contribution in [0.2, 0.25) is 0 Å². The second kappa shape index (κ2) is 4.45. The maximum absolute atomic E-state index is 12.8. The van der Waals surface area contributed by atoms with E-state index >= 15 is 0 Å². The summed E-state index contributed by atoms with van der Waals surface area (Å²) in [6.45, 7) is 3.72. The predicted molar refractivity (Wildman–Crippen MR) is 78.2 cm³/mol. The number of pyridine rings is 1. The summed E-state index contributed by atoms with van der Waals surface area (Å²) in [4.78, 5) is 4.51. The molecule has 0 aliphatic rings. The summed E-state index contributed by atoms with van der Waals surface area (Å²) in [6.07, 6.45) is 1.61. The van der Waals surface area contributed by atoms with E-state index in [1.165, 1.54) is 3.97 Å². The second-order valence-corrected chi connectivity index (χ2v) is 6.45. The van der Waals surface area contributed by atoms with Crippen LogP contribution in [0.3, 0.4) is 0 Å². The van der Waals surface area contributed by atoms with Gasteiger partial charge < -0.3 is 0 Å². The van der Waals surface area contributed by atoms with Crippen molar-refractivity contribution < 1.29 is 8.42 Å². The molecule has 0 amide bonds. The minimum Gasteiger partial charge on any atom is -0.237 e. The van der Waals surface area contributed by atoms with Crippen molar-refractivity contribution in [3.8, 4) is 0 Å². The lowest BCUT2D eigenvalue weighted by Crippen LogP contribution is -2.14. The highest BCUT2D eigenvalue weighted by Gasteiger charge is 2.23. The van der Waals surface area contributed by atoms with Crippen LogP contribution in [0.25, 0.3) is 11.0 Å². The summed E-state index contributed by atoms with van der Waals surface area (Å²) >= 11 is 0. The number of fused-ring (bicyclic) bond motifs is 1. The van der Waals surface area contributed by atoms with Crippen LogP contribution in [0, 0.1) is 13.8 Å². The Kier molecular flexibility index (Phi) is 2.87. The van der Waals surface area contributed by atoms with Gasteiger partial charge >= 0.3 is 0 Å². The first-order chi connectivity index (χ1) is 9.53. The van der Waals surface area contributed by atoms with Crippen molar-refractivity contribution in [2.24, 2.45) is 0 Å². The van der Waals surface area contributed by atoms with Gasteiger partial charge in [-0.2, -0.15) is 0 Å². The molecule has 102 valence electrons. The van der Waals surface area contributed by atoms with Gasteiger partial charge in [0.15, 0.2) is 5.65 Å². The van der Waals surface area contributed by atoms with Gasteiger partial charge in [0.25, 0.3) is 10.0 Å². The van der Waals surface area contributed by atoms with E-state index in [2.05, 4.69) is 4.98 Å². The molecule has 5 heteroatoms. The van der Waals surface area contributed by atoms with E-state index in [4.69, 9.17) is 0 Å². The van der Waals surface area contributed by atoms with Crippen LogP contribution >= 0.6 is 0 Å². The molecule has 0 unspecified atom stereocenters. The fourth-order valence-corrected chi connectivity index (χ4v) is 3.93. The third-order valence-electron chi connectivity index (χ3n) is 3.51. The van der Waals surface area contributed by atoms with Crippen LogP contribution in [-0.2, 0) is 10.0 Å². The Morgan fingerprint density at radius 2 is 1.70 bits per heavy atom. The highest BCUT2D eigenvalue weighted by molar-refractivity contribution is 7.90. The molecule has 2 aromatic heterocycles. The van der Waals surface area contributed by atoms with Crippen molar-refractivity contribution in [2.45, 2.75) is 18.7 Å². The Morgan fingerprint density at radius 1 is 1.00 bits per heavy atom. The van der Waals surface area contributed by atoms with Crippen LogP contribution in [-0.4, -0.2) is 17.4 Å². The van der Waals surface area contributed by atoms with E-state index in [0.29, 0.717) is 11.3 Å². The molecule has 0 atom stereocenters. The summed E-state index contributed by atoms with van der Waals surface area (Å²) in [5, 5.41) is 0.865. The Labute approximate surface area is 117 Å². The number of rotatable bonds is 2. The number of benzene rings is 1. The molecule has 0 aliphatic carbocycles. The Hall–Kier alpha value is -2.14. The first kappa shape index (κ1) is 12.9. The van der Waals surface area contributed by atoms with E-state index in [-0.39, 0.29) is 4.90 Å². The van der Waals surface area contributed by atoms with Crippen molar-refractivity contribution >= 4 is 21.1 Å². The quantitative estimate of drug-likeness (QED) is 0.728. The SMILES string of the molecule is Cc1c(C)n(S(=O)(=O)c2ccccc2)c2ncccc12. The van der Waals surface area contributed by atoms with Crippen LogP contribution in [0.4, 0.5) is 0 Å². The van der Waals surface area contributed by atoms with E-state index < -0.39 is 10.0 Å². The number of hydrogen-bond donors (Lipinski definition) is 0.